The lowest BCUT2D eigenvalue weighted by molar-refractivity contribution is -0.152. The van der Waals surface area contributed by atoms with Gasteiger partial charge in [0.25, 0.3) is 0 Å². The molecule has 2 unspecified atom stereocenters. The number of ether oxygens (including phenoxy) is 1. The highest BCUT2D eigenvalue weighted by Crippen LogP contribution is 2.25. The molecule has 2 atom stereocenters. The molecule has 0 bridgehead atoms. The minimum atomic E-state index is -0.504. The third kappa shape index (κ3) is 5.38. The van der Waals surface area contributed by atoms with Gasteiger partial charge in [0, 0.05) is 0 Å². The third-order valence-corrected chi connectivity index (χ3v) is 3.51. The van der Waals surface area contributed by atoms with Crippen molar-refractivity contribution < 1.29 is 9.53 Å². The van der Waals surface area contributed by atoms with E-state index in [1.807, 2.05) is 6.92 Å². The van der Waals surface area contributed by atoms with Gasteiger partial charge >= 0.3 is 5.97 Å². The quantitative estimate of drug-likeness (QED) is 0.644. The van der Waals surface area contributed by atoms with Crippen molar-refractivity contribution in [3.05, 3.63) is 0 Å². The van der Waals surface area contributed by atoms with E-state index in [2.05, 4.69) is 39.9 Å². The molecule has 0 rings (SSSR count). The molecule has 0 spiro atoms. The Morgan fingerprint density at radius 1 is 1.22 bits per heavy atom. The highest BCUT2D eigenvalue weighted by atomic mass is 16.5. The van der Waals surface area contributed by atoms with E-state index in [9.17, 15) is 4.79 Å². The zero-order chi connectivity index (χ0) is 14.2. The molecule has 0 aliphatic heterocycles. The predicted octanol–water partition coefficient (Wildman–Crippen LogP) is 3.38. The number of rotatable bonds is 9. The van der Waals surface area contributed by atoms with Gasteiger partial charge in [-0.1, -0.05) is 41.0 Å². The van der Waals surface area contributed by atoms with Crippen LogP contribution < -0.4 is 5.32 Å². The number of nitrogens with one attached hydrogen (secondary N) is 1. The summed E-state index contributed by atoms with van der Waals surface area (Å²) in [4.78, 5) is 12.3. The smallest absolute Gasteiger partial charge is 0.326 e. The van der Waals surface area contributed by atoms with Crippen LogP contribution in [-0.2, 0) is 9.53 Å². The molecule has 0 heterocycles. The van der Waals surface area contributed by atoms with Crippen molar-refractivity contribution in [3.8, 4) is 0 Å². The average molecular weight is 257 g/mol. The van der Waals surface area contributed by atoms with Crippen LogP contribution in [0.1, 0.15) is 60.8 Å². The van der Waals surface area contributed by atoms with E-state index in [0.717, 1.165) is 25.8 Å². The molecule has 0 aromatic carbocycles. The Kier molecular flexibility index (Phi) is 8.25. The van der Waals surface area contributed by atoms with E-state index in [1.54, 1.807) is 0 Å². The van der Waals surface area contributed by atoms with Crippen molar-refractivity contribution in [2.24, 2.45) is 11.8 Å². The minimum absolute atomic E-state index is 0.0894. The number of carbonyl (C=O) groups excluding carboxylic acids is 1. The summed E-state index contributed by atoms with van der Waals surface area (Å²) in [6.45, 7) is 13.9. The summed E-state index contributed by atoms with van der Waals surface area (Å²) in [6.07, 6.45) is 2.72. The maximum absolute atomic E-state index is 12.3. The van der Waals surface area contributed by atoms with Gasteiger partial charge in [-0.3, -0.25) is 4.79 Å². The molecule has 0 aromatic heterocycles. The van der Waals surface area contributed by atoms with Gasteiger partial charge in [0.05, 0.1) is 6.61 Å². The molecule has 0 saturated heterocycles. The summed E-state index contributed by atoms with van der Waals surface area (Å²) in [6, 6.07) is 0. The van der Waals surface area contributed by atoms with Crippen molar-refractivity contribution in [2.45, 2.75) is 66.3 Å². The first kappa shape index (κ1) is 17.4. The fourth-order valence-corrected chi connectivity index (χ4v) is 2.05. The molecule has 0 aliphatic rings. The van der Waals surface area contributed by atoms with Crippen LogP contribution in [0.25, 0.3) is 0 Å². The molecule has 1 N–H and O–H groups in total. The maximum atomic E-state index is 12.3. The second-order valence-corrected chi connectivity index (χ2v) is 5.65. The third-order valence-electron chi connectivity index (χ3n) is 3.51. The zero-order valence-electron chi connectivity index (χ0n) is 13.0. The zero-order valence-corrected chi connectivity index (χ0v) is 13.0. The Hall–Kier alpha value is -0.570. The first-order valence-corrected chi connectivity index (χ1v) is 7.34. The number of hydrogen-bond donors (Lipinski definition) is 1. The summed E-state index contributed by atoms with van der Waals surface area (Å²) in [5.41, 5.74) is -0.504. The highest BCUT2D eigenvalue weighted by molar-refractivity contribution is 5.80. The van der Waals surface area contributed by atoms with Gasteiger partial charge < -0.3 is 10.1 Å². The number of carbonyl (C=O) groups is 1. The molecule has 0 radical (unpaired) electrons. The van der Waals surface area contributed by atoms with Crippen LogP contribution >= 0.6 is 0 Å². The van der Waals surface area contributed by atoms with Crippen molar-refractivity contribution >= 4 is 5.97 Å². The van der Waals surface area contributed by atoms with E-state index in [4.69, 9.17) is 4.74 Å². The second kappa shape index (κ2) is 8.52. The number of esters is 1. The Morgan fingerprint density at radius 2 is 1.83 bits per heavy atom. The van der Waals surface area contributed by atoms with E-state index < -0.39 is 5.54 Å². The van der Waals surface area contributed by atoms with E-state index in [1.165, 1.54) is 0 Å². The van der Waals surface area contributed by atoms with Gasteiger partial charge in [-0.2, -0.15) is 0 Å². The van der Waals surface area contributed by atoms with Crippen LogP contribution in [0.3, 0.4) is 0 Å². The van der Waals surface area contributed by atoms with Crippen LogP contribution in [0.15, 0.2) is 0 Å². The van der Waals surface area contributed by atoms with Gasteiger partial charge in [-0.05, 0) is 38.1 Å². The monoisotopic (exact) mass is 257 g/mol. The lowest BCUT2D eigenvalue weighted by Crippen LogP contribution is -2.54. The van der Waals surface area contributed by atoms with Gasteiger partial charge in [0.1, 0.15) is 5.54 Å². The SMILES string of the molecule is CCOC(=O)C(CC)(CC(C)CC)NCC(C)C. The summed E-state index contributed by atoms with van der Waals surface area (Å²) in [5.74, 6) is 0.963. The molecule has 0 aromatic rings. The molecule has 18 heavy (non-hydrogen) atoms. The Morgan fingerprint density at radius 3 is 2.22 bits per heavy atom. The van der Waals surface area contributed by atoms with Gasteiger partial charge in [-0.25, -0.2) is 0 Å². The van der Waals surface area contributed by atoms with E-state index >= 15 is 0 Å². The van der Waals surface area contributed by atoms with Crippen LogP contribution in [0.2, 0.25) is 0 Å². The second-order valence-electron chi connectivity index (χ2n) is 5.65. The number of hydrogen-bond acceptors (Lipinski definition) is 3. The van der Waals surface area contributed by atoms with E-state index in [0.29, 0.717) is 18.4 Å². The molecule has 3 nitrogen and oxygen atoms in total. The average Bonchev–Trinajstić information content (AvgIpc) is 2.34. The lowest BCUT2D eigenvalue weighted by atomic mass is 9.84. The molecule has 0 fully saturated rings. The highest BCUT2D eigenvalue weighted by Gasteiger charge is 2.38. The topological polar surface area (TPSA) is 38.3 Å². The molecule has 0 aliphatic carbocycles. The normalized spacial score (nSPS) is 16.4. The minimum Gasteiger partial charge on any atom is -0.465 e. The van der Waals surface area contributed by atoms with Gasteiger partial charge in [0.15, 0.2) is 0 Å². The first-order valence-electron chi connectivity index (χ1n) is 7.34. The van der Waals surface area contributed by atoms with Crippen molar-refractivity contribution in [1.82, 2.24) is 5.32 Å². The molecule has 0 amide bonds. The van der Waals surface area contributed by atoms with Crippen molar-refractivity contribution in [3.63, 3.8) is 0 Å². The summed E-state index contributed by atoms with van der Waals surface area (Å²) >= 11 is 0. The standard InChI is InChI=1S/C15H31NO2/c1-7-13(6)10-15(8-2,14(17)18-9-3)16-11-12(4)5/h12-13,16H,7-11H2,1-6H3. The van der Waals surface area contributed by atoms with Crippen LogP contribution in [0.5, 0.6) is 0 Å². The van der Waals surface area contributed by atoms with Gasteiger partial charge in [-0.15, -0.1) is 0 Å². The Balaban J connectivity index is 4.87. The summed E-state index contributed by atoms with van der Waals surface area (Å²) in [5, 5.41) is 3.46. The Bertz CT molecular complexity index is 241. The van der Waals surface area contributed by atoms with Crippen LogP contribution in [-0.4, -0.2) is 24.7 Å². The molecular weight excluding hydrogens is 226 g/mol. The lowest BCUT2D eigenvalue weighted by Gasteiger charge is -2.34. The molecule has 3 heteroatoms. The predicted molar refractivity (Wildman–Crippen MR) is 76.6 cm³/mol. The molecular formula is C15H31NO2. The fourth-order valence-electron chi connectivity index (χ4n) is 2.05. The fraction of sp³-hybridized carbons (Fsp3) is 0.933. The maximum Gasteiger partial charge on any atom is 0.326 e. The van der Waals surface area contributed by atoms with Crippen LogP contribution in [0.4, 0.5) is 0 Å². The summed E-state index contributed by atoms with van der Waals surface area (Å²) in [7, 11) is 0. The summed E-state index contributed by atoms with van der Waals surface area (Å²) < 4.78 is 5.27. The van der Waals surface area contributed by atoms with Gasteiger partial charge in [0.2, 0.25) is 0 Å². The Labute approximate surface area is 113 Å². The van der Waals surface area contributed by atoms with Crippen molar-refractivity contribution in [1.29, 1.82) is 0 Å². The van der Waals surface area contributed by atoms with E-state index in [-0.39, 0.29) is 5.97 Å². The van der Waals surface area contributed by atoms with Crippen LogP contribution in [0, 0.1) is 11.8 Å². The van der Waals surface area contributed by atoms with Crippen molar-refractivity contribution in [2.75, 3.05) is 13.2 Å². The molecule has 0 saturated carbocycles. The molecule has 108 valence electrons. The first-order chi connectivity index (χ1) is 8.41. The largest absolute Gasteiger partial charge is 0.465 e.